The average Bonchev–Trinajstić information content (AvgIpc) is 3.44. The Bertz CT molecular complexity index is 2330. The Morgan fingerprint density at radius 2 is 0.818 bits per heavy atom. The predicted octanol–water partition coefficient (Wildman–Crippen LogP) is 8.93. The third-order valence-electron chi connectivity index (χ3n) is 10.6. The van der Waals surface area contributed by atoms with Gasteiger partial charge in [0, 0.05) is 0 Å². The summed E-state index contributed by atoms with van der Waals surface area (Å²) < 4.78 is 0. The van der Waals surface area contributed by atoms with Gasteiger partial charge in [0.05, 0.1) is 0 Å². The van der Waals surface area contributed by atoms with Crippen LogP contribution in [0.4, 0.5) is 0 Å². The van der Waals surface area contributed by atoms with E-state index in [-0.39, 0.29) is 0 Å². The lowest BCUT2D eigenvalue weighted by molar-refractivity contribution is 1.63. The molecule has 2 heterocycles. The summed E-state index contributed by atoms with van der Waals surface area (Å²) in [4.78, 5) is 0. The molecule has 0 amide bonds. The van der Waals surface area contributed by atoms with Crippen molar-refractivity contribution >= 4 is 58.4 Å². The molecule has 0 saturated carbocycles. The van der Waals surface area contributed by atoms with E-state index in [2.05, 4.69) is 160 Å². The minimum absolute atomic E-state index is 1.30. The number of fused-ring (bicyclic) bond motifs is 11. The Labute approximate surface area is 261 Å². The smallest absolute Gasteiger partial charge is 0.0622 e. The van der Waals surface area contributed by atoms with Gasteiger partial charge in [0.15, 0.2) is 0 Å². The van der Waals surface area contributed by atoms with E-state index < -0.39 is 16.1 Å². The molecule has 44 heavy (non-hydrogen) atoms. The molecule has 2 aliphatic rings. The number of rotatable bonds is 2. The Hall–Kier alpha value is -4.51. The zero-order chi connectivity index (χ0) is 29.8. The highest BCUT2D eigenvalue weighted by molar-refractivity contribution is 7.13. The van der Waals surface area contributed by atoms with Crippen molar-refractivity contribution in [3.05, 3.63) is 133 Å². The quantitative estimate of drug-likeness (QED) is 0.175. The molecular formula is C42H34Si2. The minimum atomic E-state index is -2.04. The zero-order valence-electron chi connectivity index (χ0n) is 25.7. The molecule has 0 spiro atoms. The lowest BCUT2D eigenvalue weighted by atomic mass is 9.91. The summed E-state index contributed by atoms with van der Waals surface area (Å²) >= 11 is 0. The largest absolute Gasteiger partial charge is 0.113 e. The Kier molecular flexibility index (Phi) is 5.31. The first-order chi connectivity index (χ1) is 21.3. The van der Waals surface area contributed by atoms with Crippen molar-refractivity contribution in [3.63, 3.8) is 0 Å². The SMILES string of the molecule is C[Si]1(C)c2cc(-c3ccccc3)ccc2-c2c1c1c(c3ccccc23)-c2ccc(-c3ccc4ccccc4c3)cc2[Si]1(C)C. The molecule has 2 heteroatoms. The van der Waals surface area contributed by atoms with Crippen molar-refractivity contribution in [1.82, 2.24) is 0 Å². The standard InChI is InChI=1S/C42H34Si2/c1-43(2)37-25-31(27-12-6-5-7-13-27)20-22-35(37)39-33-16-10-11-17-34(33)40-36-23-21-32(26-38(36)44(3,4)42(40)41(39)43)30-19-18-28-14-8-9-15-29(28)24-30/h5-26H,1-4H3. The Morgan fingerprint density at radius 3 is 1.41 bits per heavy atom. The molecule has 0 fully saturated rings. The molecule has 0 aromatic heterocycles. The topological polar surface area (TPSA) is 0 Å². The highest BCUT2D eigenvalue weighted by Gasteiger charge is 2.49. The molecular weight excluding hydrogens is 561 g/mol. The molecule has 0 nitrogen and oxygen atoms in total. The Balaban J connectivity index is 1.30. The van der Waals surface area contributed by atoms with Gasteiger partial charge in [-0.1, -0.05) is 154 Å². The molecule has 7 aromatic carbocycles. The first-order valence-corrected chi connectivity index (χ1v) is 21.8. The van der Waals surface area contributed by atoms with Crippen LogP contribution in [0.2, 0.25) is 26.2 Å². The van der Waals surface area contributed by atoms with Crippen molar-refractivity contribution in [1.29, 1.82) is 0 Å². The third kappa shape index (κ3) is 3.44. The summed E-state index contributed by atoms with van der Waals surface area (Å²) in [6.45, 7) is 10.4. The number of benzene rings is 7. The van der Waals surface area contributed by atoms with Gasteiger partial charge in [0.25, 0.3) is 0 Å². The van der Waals surface area contributed by atoms with Crippen LogP contribution in [0.15, 0.2) is 133 Å². The number of hydrogen-bond acceptors (Lipinski definition) is 0. The molecule has 0 bridgehead atoms. The van der Waals surface area contributed by atoms with Crippen LogP contribution in [0, 0.1) is 0 Å². The molecule has 0 atom stereocenters. The fourth-order valence-corrected chi connectivity index (χ4v) is 16.9. The molecule has 7 aromatic rings. The molecule has 0 radical (unpaired) electrons. The fourth-order valence-electron chi connectivity index (χ4n) is 8.43. The summed E-state index contributed by atoms with van der Waals surface area (Å²) in [5.74, 6) is 0. The van der Waals surface area contributed by atoms with Crippen LogP contribution in [-0.4, -0.2) is 16.1 Å². The summed E-state index contributed by atoms with van der Waals surface area (Å²) in [5.41, 5.74) is 11.2. The van der Waals surface area contributed by atoms with E-state index in [0.29, 0.717) is 0 Å². The maximum absolute atomic E-state index is 2.61. The van der Waals surface area contributed by atoms with Gasteiger partial charge in [-0.15, -0.1) is 0 Å². The molecule has 2 aliphatic heterocycles. The second-order valence-electron chi connectivity index (χ2n) is 13.7. The van der Waals surface area contributed by atoms with Crippen molar-refractivity contribution in [3.8, 4) is 44.5 Å². The van der Waals surface area contributed by atoms with Gasteiger partial charge in [0.2, 0.25) is 0 Å². The van der Waals surface area contributed by atoms with Crippen LogP contribution < -0.4 is 20.7 Å². The second kappa shape index (κ2) is 9.01. The highest BCUT2D eigenvalue weighted by atomic mass is 28.3. The molecule has 0 saturated heterocycles. The van der Waals surface area contributed by atoms with Crippen molar-refractivity contribution in [2.24, 2.45) is 0 Å². The van der Waals surface area contributed by atoms with E-state index in [9.17, 15) is 0 Å². The first kappa shape index (κ1) is 25.9. The molecule has 9 rings (SSSR count). The van der Waals surface area contributed by atoms with Crippen LogP contribution >= 0.6 is 0 Å². The lowest BCUT2D eigenvalue weighted by Gasteiger charge is -2.29. The van der Waals surface area contributed by atoms with E-state index in [1.807, 2.05) is 0 Å². The fraction of sp³-hybridized carbons (Fsp3) is 0.0952. The maximum atomic E-state index is 2.61. The highest BCUT2D eigenvalue weighted by Crippen LogP contribution is 2.43. The van der Waals surface area contributed by atoms with Gasteiger partial charge in [-0.25, -0.2) is 0 Å². The summed E-state index contributed by atoms with van der Waals surface area (Å²) in [6, 6.07) is 50.4. The van der Waals surface area contributed by atoms with E-state index in [1.165, 1.54) is 66.1 Å². The van der Waals surface area contributed by atoms with Crippen molar-refractivity contribution in [2.75, 3.05) is 0 Å². The van der Waals surface area contributed by atoms with Gasteiger partial charge in [-0.3, -0.25) is 0 Å². The minimum Gasteiger partial charge on any atom is -0.0622 e. The molecule has 210 valence electrons. The van der Waals surface area contributed by atoms with Crippen LogP contribution in [0.25, 0.3) is 66.1 Å². The monoisotopic (exact) mass is 594 g/mol. The second-order valence-corrected chi connectivity index (χ2v) is 22.3. The summed E-state index contributed by atoms with van der Waals surface area (Å²) in [6.07, 6.45) is 0. The van der Waals surface area contributed by atoms with Crippen molar-refractivity contribution in [2.45, 2.75) is 26.2 Å². The van der Waals surface area contributed by atoms with Gasteiger partial charge in [-0.05, 0) is 92.9 Å². The van der Waals surface area contributed by atoms with Gasteiger partial charge in [-0.2, -0.15) is 0 Å². The van der Waals surface area contributed by atoms with Crippen LogP contribution in [0.5, 0.6) is 0 Å². The van der Waals surface area contributed by atoms with Gasteiger partial charge >= 0.3 is 0 Å². The number of hydrogen-bond donors (Lipinski definition) is 0. The summed E-state index contributed by atoms with van der Waals surface area (Å²) in [5, 5.41) is 12.0. The van der Waals surface area contributed by atoms with Crippen LogP contribution in [0.3, 0.4) is 0 Å². The van der Waals surface area contributed by atoms with E-state index >= 15 is 0 Å². The predicted molar refractivity (Wildman–Crippen MR) is 197 cm³/mol. The Morgan fingerprint density at radius 1 is 0.364 bits per heavy atom. The normalized spacial score (nSPS) is 15.2. The van der Waals surface area contributed by atoms with Gasteiger partial charge < -0.3 is 0 Å². The molecule has 0 aliphatic carbocycles. The molecule has 0 N–H and O–H groups in total. The van der Waals surface area contributed by atoms with Gasteiger partial charge in [0.1, 0.15) is 16.1 Å². The van der Waals surface area contributed by atoms with E-state index in [1.54, 1.807) is 20.7 Å². The average molecular weight is 595 g/mol. The van der Waals surface area contributed by atoms with Crippen molar-refractivity contribution < 1.29 is 0 Å². The summed E-state index contributed by atoms with van der Waals surface area (Å²) in [7, 11) is -4.07. The first-order valence-electron chi connectivity index (χ1n) is 15.8. The maximum Gasteiger partial charge on any atom is 0.113 e. The molecule has 0 unspecified atom stereocenters. The third-order valence-corrected chi connectivity index (χ3v) is 17.9. The van der Waals surface area contributed by atoms with E-state index in [4.69, 9.17) is 0 Å². The van der Waals surface area contributed by atoms with E-state index in [0.717, 1.165) is 0 Å². The van der Waals surface area contributed by atoms with Crippen LogP contribution in [-0.2, 0) is 0 Å². The van der Waals surface area contributed by atoms with Crippen LogP contribution in [0.1, 0.15) is 0 Å². The lowest BCUT2D eigenvalue weighted by Crippen LogP contribution is -2.63. The zero-order valence-corrected chi connectivity index (χ0v) is 27.7.